The monoisotopic (exact) mass is 231 g/mol. The lowest BCUT2D eigenvalue weighted by molar-refractivity contribution is 0.414. The highest BCUT2D eigenvalue weighted by molar-refractivity contribution is 5.32. The summed E-state index contributed by atoms with van der Waals surface area (Å²) in [6.07, 6.45) is 6.22. The normalized spacial score (nSPS) is 21.3. The zero-order chi connectivity index (χ0) is 12.3. The first kappa shape index (κ1) is 12.6. The second-order valence-corrected chi connectivity index (χ2v) is 5.91. The number of hydrogen-bond donors (Lipinski definition) is 1. The Bertz CT molecular complexity index is 356. The molecule has 1 aliphatic rings. The molecule has 2 unspecified atom stereocenters. The van der Waals surface area contributed by atoms with Crippen LogP contribution < -0.4 is 5.73 Å². The Morgan fingerprint density at radius 3 is 2.82 bits per heavy atom. The largest absolute Gasteiger partial charge is 0.328 e. The lowest BCUT2D eigenvalue weighted by Gasteiger charge is -2.28. The van der Waals surface area contributed by atoms with Gasteiger partial charge in [0.15, 0.2) is 0 Å². The number of benzene rings is 1. The molecule has 0 aromatic heterocycles. The third kappa shape index (κ3) is 3.32. The Hall–Kier alpha value is -0.820. The van der Waals surface area contributed by atoms with Crippen molar-refractivity contribution >= 4 is 0 Å². The molecule has 0 heterocycles. The van der Waals surface area contributed by atoms with Crippen molar-refractivity contribution in [3.8, 4) is 0 Å². The van der Waals surface area contributed by atoms with E-state index in [1.54, 1.807) is 11.1 Å². The van der Waals surface area contributed by atoms with Crippen molar-refractivity contribution in [2.24, 2.45) is 11.7 Å². The van der Waals surface area contributed by atoms with Gasteiger partial charge < -0.3 is 5.73 Å². The van der Waals surface area contributed by atoms with Crippen molar-refractivity contribution in [3.63, 3.8) is 0 Å². The molecule has 2 atom stereocenters. The number of hydrogen-bond acceptors (Lipinski definition) is 1. The molecule has 94 valence electrons. The van der Waals surface area contributed by atoms with E-state index in [-0.39, 0.29) is 0 Å². The van der Waals surface area contributed by atoms with Crippen molar-refractivity contribution in [3.05, 3.63) is 35.4 Å². The fourth-order valence-electron chi connectivity index (χ4n) is 3.17. The standard InChI is InChI=1S/C16H25N/c1-12(2)10-15(17)11-14-8-5-7-13-6-3-4-9-16(13)14/h3-4,6,9,12,14-15H,5,7-8,10-11,17H2,1-2H3. The molecule has 2 rings (SSSR count). The minimum Gasteiger partial charge on any atom is -0.328 e. The summed E-state index contributed by atoms with van der Waals surface area (Å²) < 4.78 is 0. The lowest BCUT2D eigenvalue weighted by atomic mass is 9.79. The fraction of sp³-hybridized carbons (Fsp3) is 0.625. The van der Waals surface area contributed by atoms with Crippen LogP contribution >= 0.6 is 0 Å². The molecular formula is C16H25N. The molecule has 0 saturated carbocycles. The van der Waals surface area contributed by atoms with Crippen LogP contribution in [0.15, 0.2) is 24.3 Å². The number of rotatable bonds is 4. The highest BCUT2D eigenvalue weighted by Crippen LogP contribution is 2.34. The molecule has 0 spiro atoms. The summed E-state index contributed by atoms with van der Waals surface area (Å²) in [7, 11) is 0. The molecule has 0 amide bonds. The Balaban J connectivity index is 2.03. The van der Waals surface area contributed by atoms with Gasteiger partial charge in [0.2, 0.25) is 0 Å². The van der Waals surface area contributed by atoms with Crippen LogP contribution in [-0.4, -0.2) is 6.04 Å². The number of aryl methyl sites for hydroxylation is 1. The van der Waals surface area contributed by atoms with Crippen molar-refractivity contribution in [2.75, 3.05) is 0 Å². The van der Waals surface area contributed by atoms with Crippen LogP contribution in [0.5, 0.6) is 0 Å². The van der Waals surface area contributed by atoms with E-state index in [0.29, 0.717) is 17.9 Å². The summed E-state index contributed by atoms with van der Waals surface area (Å²) in [5.41, 5.74) is 9.39. The molecule has 0 saturated heterocycles. The summed E-state index contributed by atoms with van der Waals surface area (Å²) in [5.74, 6) is 1.41. The average Bonchev–Trinajstić information content (AvgIpc) is 2.28. The minimum absolute atomic E-state index is 0.367. The van der Waals surface area contributed by atoms with E-state index in [1.165, 1.54) is 19.3 Å². The maximum absolute atomic E-state index is 6.26. The highest BCUT2D eigenvalue weighted by atomic mass is 14.6. The zero-order valence-electron chi connectivity index (χ0n) is 11.2. The van der Waals surface area contributed by atoms with Crippen LogP contribution in [0.2, 0.25) is 0 Å². The van der Waals surface area contributed by atoms with E-state index in [0.717, 1.165) is 12.8 Å². The molecule has 0 fully saturated rings. The third-order valence-corrected chi connectivity index (χ3v) is 3.86. The Kier molecular flexibility index (Phi) is 4.22. The fourth-order valence-corrected chi connectivity index (χ4v) is 3.17. The molecule has 1 heteroatoms. The van der Waals surface area contributed by atoms with Crippen molar-refractivity contribution in [1.82, 2.24) is 0 Å². The average molecular weight is 231 g/mol. The first-order valence-corrected chi connectivity index (χ1v) is 7.00. The summed E-state index contributed by atoms with van der Waals surface area (Å²) in [6.45, 7) is 4.52. The van der Waals surface area contributed by atoms with Crippen LogP contribution in [0, 0.1) is 5.92 Å². The van der Waals surface area contributed by atoms with Crippen LogP contribution in [0.1, 0.15) is 56.6 Å². The van der Waals surface area contributed by atoms with Crippen molar-refractivity contribution < 1.29 is 0 Å². The SMILES string of the molecule is CC(C)CC(N)CC1CCCc2ccccc21. The second-order valence-electron chi connectivity index (χ2n) is 5.91. The third-order valence-electron chi connectivity index (χ3n) is 3.86. The summed E-state index contributed by atoms with van der Waals surface area (Å²) >= 11 is 0. The van der Waals surface area contributed by atoms with E-state index in [9.17, 15) is 0 Å². The molecule has 0 bridgehead atoms. The lowest BCUT2D eigenvalue weighted by Crippen LogP contribution is -2.26. The van der Waals surface area contributed by atoms with Gasteiger partial charge in [-0.25, -0.2) is 0 Å². The molecule has 1 aromatic rings. The minimum atomic E-state index is 0.367. The first-order chi connectivity index (χ1) is 8.16. The van der Waals surface area contributed by atoms with E-state index >= 15 is 0 Å². The molecule has 0 radical (unpaired) electrons. The van der Waals surface area contributed by atoms with E-state index < -0.39 is 0 Å². The number of fused-ring (bicyclic) bond motifs is 1. The van der Waals surface area contributed by atoms with Gasteiger partial charge in [0.1, 0.15) is 0 Å². The summed E-state index contributed by atoms with van der Waals surface area (Å²) in [5, 5.41) is 0. The van der Waals surface area contributed by atoms with Crippen molar-refractivity contribution in [1.29, 1.82) is 0 Å². The molecule has 1 nitrogen and oxygen atoms in total. The summed E-state index contributed by atoms with van der Waals surface area (Å²) in [6, 6.07) is 9.29. The van der Waals surface area contributed by atoms with Gasteiger partial charge in [-0.1, -0.05) is 38.1 Å². The topological polar surface area (TPSA) is 26.0 Å². The molecular weight excluding hydrogens is 206 g/mol. The predicted molar refractivity (Wildman–Crippen MR) is 74.2 cm³/mol. The Labute approximate surface area is 105 Å². The molecule has 17 heavy (non-hydrogen) atoms. The first-order valence-electron chi connectivity index (χ1n) is 7.00. The van der Waals surface area contributed by atoms with E-state index in [4.69, 9.17) is 5.73 Å². The molecule has 2 N–H and O–H groups in total. The van der Waals surface area contributed by atoms with Gasteiger partial charge in [-0.3, -0.25) is 0 Å². The highest BCUT2D eigenvalue weighted by Gasteiger charge is 2.21. The molecule has 1 aromatic carbocycles. The van der Waals surface area contributed by atoms with E-state index in [2.05, 4.69) is 38.1 Å². The van der Waals surface area contributed by atoms with Crippen LogP contribution in [0.3, 0.4) is 0 Å². The van der Waals surface area contributed by atoms with Gasteiger partial charge in [0, 0.05) is 6.04 Å². The quantitative estimate of drug-likeness (QED) is 0.836. The predicted octanol–water partition coefficient (Wildman–Crippen LogP) is 3.87. The maximum Gasteiger partial charge on any atom is 0.00470 e. The Morgan fingerprint density at radius 1 is 1.29 bits per heavy atom. The van der Waals surface area contributed by atoms with Crippen LogP contribution in [-0.2, 0) is 6.42 Å². The van der Waals surface area contributed by atoms with Gasteiger partial charge in [-0.15, -0.1) is 0 Å². The zero-order valence-corrected chi connectivity index (χ0v) is 11.2. The van der Waals surface area contributed by atoms with Gasteiger partial charge in [-0.2, -0.15) is 0 Å². The van der Waals surface area contributed by atoms with E-state index in [1.807, 2.05) is 0 Å². The van der Waals surface area contributed by atoms with Gasteiger partial charge >= 0.3 is 0 Å². The van der Waals surface area contributed by atoms with Crippen molar-refractivity contribution in [2.45, 2.75) is 57.9 Å². The second kappa shape index (κ2) is 5.68. The van der Waals surface area contributed by atoms with Gasteiger partial charge in [0.25, 0.3) is 0 Å². The van der Waals surface area contributed by atoms with Crippen LogP contribution in [0.4, 0.5) is 0 Å². The maximum atomic E-state index is 6.26. The smallest absolute Gasteiger partial charge is 0.00470 e. The van der Waals surface area contributed by atoms with Gasteiger partial charge in [-0.05, 0) is 55.1 Å². The molecule has 1 aliphatic carbocycles. The van der Waals surface area contributed by atoms with Crippen LogP contribution in [0.25, 0.3) is 0 Å². The Morgan fingerprint density at radius 2 is 2.06 bits per heavy atom. The molecule has 0 aliphatic heterocycles. The number of nitrogens with two attached hydrogens (primary N) is 1. The summed E-state index contributed by atoms with van der Waals surface area (Å²) in [4.78, 5) is 0. The van der Waals surface area contributed by atoms with Gasteiger partial charge in [0.05, 0.1) is 0 Å².